The normalized spacial score (nSPS) is 21.5. The monoisotopic (exact) mass is 421 g/mol. The smallest absolute Gasteiger partial charge is 0.475 e. The lowest BCUT2D eigenvalue weighted by Gasteiger charge is -2.11. The number of benzene rings is 1. The molecule has 1 fully saturated rings. The maximum Gasteiger partial charge on any atom is 0.490 e. The van der Waals surface area contributed by atoms with Gasteiger partial charge in [-0.05, 0) is 29.7 Å². The molecular formula is C20H18F3N3O4. The van der Waals surface area contributed by atoms with Crippen LogP contribution in [0.25, 0.3) is 0 Å². The number of nitrogens with one attached hydrogen (secondary N) is 1. The lowest BCUT2D eigenvalue weighted by atomic mass is 9.94. The number of halogens is 3. The highest BCUT2D eigenvalue weighted by atomic mass is 19.4. The van der Waals surface area contributed by atoms with Crippen molar-refractivity contribution >= 4 is 23.5 Å². The van der Waals surface area contributed by atoms with Gasteiger partial charge in [-0.1, -0.05) is 24.3 Å². The van der Waals surface area contributed by atoms with E-state index in [-0.39, 0.29) is 17.7 Å². The molecule has 7 nitrogen and oxygen atoms in total. The van der Waals surface area contributed by atoms with Crippen molar-refractivity contribution in [3.63, 3.8) is 0 Å². The molecule has 30 heavy (non-hydrogen) atoms. The number of fused-ring (bicyclic) bond motifs is 2. The number of para-hydroxylation sites is 1. The molecule has 10 heteroatoms. The quantitative estimate of drug-likeness (QED) is 0.792. The van der Waals surface area contributed by atoms with E-state index in [1.165, 1.54) is 0 Å². The first kappa shape index (κ1) is 21.3. The van der Waals surface area contributed by atoms with Crippen molar-refractivity contribution in [3.05, 3.63) is 59.9 Å². The van der Waals surface area contributed by atoms with Crippen LogP contribution in [0.15, 0.2) is 48.8 Å². The van der Waals surface area contributed by atoms with Crippen LogP contribution >= 0.6 is 0 Å². The molecule has 2 aromatic rings. The summed E-state index contributed by atoms with van der Waals surface area (Å²) in [5.41, 5.74) is 2.20. The van der Waals surface area contributed by atoms with Gasteiger partial charge < -0.3 is 15.3 Å². The standard InChI is InChI=1S/C18H17N3O2.C2HF3O2/c1-21-15-7-3-2-6-13(15)18(17(21)23)9-14(18)16(22)20-11-12-5-4-8-19-10-12;3-2(4,5)1(6)7/h2-8,10,14H,9,11H2,1H3,(H,20,22);(H,6,7). The van der Waals surface area contributed by atoms with Gasteiger partial charge in [-0.15, -0.1) is 0 Å². The summed E-state index contributed by atoms with van der Waals surface area (Å²) in [4.78, 5) is 39.8. The number of aromatic nitrogens is 1. The molecule has 2 atom stereocenters. The van der Waals surface area contributed by atoms with E-state index in [1.54, 1.807) is 24.3 Å². The molecule has 2 unspecified atom stereocenters. The summed E-state index contributed by atoms with van der Waals surface area (Å²) in [6.45, 7) is 0.435. The van der Waals surface area contributed by atoms with Gasteiger partial charge in [0.1, 0.15) is 0 Å². The Morgan fingerprint density at radius 2 is 1.93 bits per heavy atom. The molecule has 1 aromatic heterocycles. The number of rotatable bonds is 3. The molecule has 2 heterocycles. The van der Waals surface area contributed by atoms with Gasteiger partial charge >= 0.3 is 12.1 Å². The second-order valence-corrected chi connectivity index (χ2v) is 6.99. The number of carboxylic acid groups (broad SMARTS) is 1. The minimum Gasteiger partial charge on any atom is -0.475 e. The van der Waals surface area contributed by atoms with Gasteiger partial charge in [-0.25, -0.2) is 4.79 Å². The number of carboxylic acids is 1. The van der Waals surface area contributed by atoms with Crippen LogP contribution in [-0.4, -0.2) is 41.1 Å². The van der Waals surface area contributed by atoms with Gasteiger partial charge in [0.05, 0.1) is 11.3 Å². The molecular weight excluding hydrogens is 403 g/mol. The van der Waals surface area contributed by atoms with Crippen molar-refractivity contribution in [3.8, 4) is 0 Å². The summed E-state index contributed by atoms with van der Waals surface area (Å²) in [6.07, 6.45) is -1.07. The van der Waals surface area contributed by atoms with Crippen molar-refractivity contribution < 1.29 is 32.7 Å². The van der Waals surface area contributed by atoms with Crippen LogP contribution in [0.1, 0.15) is 17.5 Å². The molecule has 0 saturated heterocycles. The molecule has 2 N–H and O–H groups in total. The van der Waals surface area contributed by atoms with Crippen LogP contribution in [-0.2, 0) is 26.3 Å². The number of amides is 2. The molecule has 1 spiro atoms. The summed E-state index contributed by atoms with van der Waals surface area (Å²) < 4.78 is 31.7. The summed E-state index contributed by atoms with van der Waals surface area (Å²) >= 11 is 0. The average Bonchev–Trinajstić information content (AvgIpc) is 3.44. The minimum absolute atomic E-state index is 0.0280. The van der Waals surface area contributed by atoms with E-state index in [4.69, 9.17) is 9.90 Å². The first-order valence-corrected chi connectivity index (χ1v) is 8.93. The number of alkyl halides is 3. The minimum atomic E-state index is -5.08. The largest absolute Gasteiger partial charge is 0.490 e. The van der Waals surface area contributed by atoms with E-state index < -0.39 is 17.6 Å². The molecule has 158 valence electrons. The molecule has 0 bridgehead atoms. The Balaban J connectivity index is 0.000000318. The Morgan fingerprint density at radius 3 is 2.53 bits per heavy atom. The van der Waals surface area contributed by atoms with Crippen LogP contribution in [0, 0.1) is 5.92 Å². The van der Waals surface area contributed by atoms with Crippen molar-refractivity contribution in [1.82, 2.24) is 10.3 Å². The molecule has 1 aromatic carbocycles. The van der Waals surface area contributed by atoms with E-state index in [2.05, 4.69) is 10.3 Å². The van der Waals surface area contributed by atoms with Crippen molar-refractivity contribution in [2.24, 2.45) is 5.92 Å². The third kappa shape index (κ3) is 3.85. The zero-order chi connectivity index (χ0) is 22.1. The number of carbonyl (C=O) groups excluding carboxylic acids is 2. The van der Waals surface area contributed by atoms with Gasteiger partial charge in [0.25, 0.3) is 0 Å². The number of hydrogen-bond acceptors (Lipinski definition) is 4. The number of carbonyl (C=O) groups is 3. The third-order valence-corrected chi connectivity index (χ3v) is 5.14. The second kappa shape index (κ2) is 7.77. The predicted octanol–water partition coefficient (Wildman–Crippen LogP) is 2.27. The van der Waals surface area contributed by atoms with Crippen LogP contribution in [0.4, 0.5) is 18.9 Å². The van der Waals surface area contributed by atoms with Crippen LogP contribution in [0.5, 0.6) is 0 Å². The molecule has 1 saturated carbocycles. The Morgan fingerprint density at radius 1 is 1.27 bits per heavy atom. The summed E-state index contributed by atoms with van der Waals surface area (Å²) in [6, 6.07) is 11.5. The Bertz CT molecular complexity index is 981. The van der Waals surface area contributed by atoms with Gasteiger partial charge in [-0.3, -0.25) is 14.6 Å². The summed E-state index contributed by atoms with van der Waals surface area (Å²) in [5.74, 6) is -3.07. The van der Waals surface area contributed by atoms with E-state index in [1.807, 2.05) is 36.4 Å². The number of nitrogens with zero attached hydrogens (tertiary/aromatic N) is 2. The molecule has 1 aliphatic carbocycles. The number of aliphatic carboxylic acids is 1. The molecule has 1 aliphatic heterocycles. The second-order valence-electron chi connectivity index (χ2n) is 6.99. The highest BCUT2D eigenvalue weighted by Crippen LogP contribution is 2.61. The lowest BCUT2D eigenvalue weighted by molar-refractivity contribution is -0.192. The van der Waals surface area contributed by atoms with Gasteiger partial charge in [-0.2, -0.15) is 13.2 Å². The molecule has 4 rings (SSSR count). The van der Waals surface area contributed by atoms with Crippen LogP contribution in [0.3, 0.4) is 0 Å². The SMILES string of the molecule is CN1C(=O)C2(CC2C(=O)NCc2cccnc2)c2ccccc21.O=C(O)C(F)(F)F. The fourth-order valence-corrected chi connectivity index (χ4v) is 3.60. The molecule has 0 radical (unpaired) electrons. The third-order valence-electron chi connectivity index (χ3n) is 5.14. The molecule has 2 amide bonds. The highest BCUT2D eigenvalue weighted by molar-refractivity contribution is 6.13. The zero-order valence-electron chi connectivity index (χ0n) is 15.8. The van der Waals surface area contributed by atoms with Crippen LogP contribution in [0.2, 0.25) is 0 Å². The fourth-order valence-electron chi connectivity index (χ4n) is 3.60. The van der Waals surface area contributed by atoms with E-state index in [9.17, 15) is 22.8 Å². The van der Waals surface area contributed by atoms with E-state index >= 15 is 0 Å². The van der Waals surface area contributed by atoms with Gasteiger partial charge in [0, 0.05) is 31.7 Å². The number of hydrogen-bond donors (Lipinski definition) is 2. The maximum absolute atomic E-state index is 12.7. The Labute approximate surface area is 169 Å². The van der Waals surface area contributed by atoms with Gasteiger partial charge in [0.2, 0.25) is 11.8 Å². The summed E-state index contributed by atoms with van der Waals surface area (Å²) in [5, 5.41) is 10.1. The fraction of sp³-hybridized carbons (Fsp3) is 0.300. The van der Waals surface area contributed by atoms with Crippen molar-refractivity contribution in [2.75, 3.05) is 11.9 Å². The number of likely N-dealkylation sites (N-methyl/N-ethyl adjacent to an activating group) is 1. The van der Waals surface area contributed by atoms with Crippen LogP contribution < -0.4 is 10.2 Å². The van der Waals surface area contributed by atoms with E-state index in [0.29, 0.717) is 13.0 Å². The zero-order valence-corrected chi connectivity index (χ0v) is 15.8. The average molecular weight is 421 g/mol. The maximum atomic E-state index is 12.7. The topological polar surface area (TPSA) is 99.6 Å². The predicted molar refractivity (Wildman–Crippen MR) is 99.4 cm³/mol. The van der Waals surface area contributed by atoms with Crippen molar-refractivity contribution in [2.45, 2.75) is 24.6 Å². The Hall–Kier alpha value is -3.43. The Kier molecular flexibility index (Phi) is 5.51. The van der Waals surface area contributed by atoms with Crippen molar-refractivity contribution in [1.29, 1.82) is 0 Å². The lowest BCUT2D eigenvalue weighted by Crippen LogP contribution is -2.34. The van der Waals surface area contributed by atoms with Gasteiger partial charge in [0.15, 0.2) is 0 Å². The first-order valence-electron chi connectivity index (χ1n) is 8.93. The van der Waals surface area contributed by atoms with E-state index in [0.717, 1.165) is 16.8 Å². The first-order chi connectivity index (χ1) is 14.1. The summed E-state index contributed by atoms with van der Waals surface area (Å²) in [7, 11) is 1.78. The highest BCUT2D eigenvalue weighted by Gasteiger charge is 2.68. The molecule has 2 aliphatic rings. The number of pyridine rings is 1. The number of anilines is 1.